The molecule has 106 valence electrons. The van der Waals surface area contributed by atoms with Crippen LogP contribution < -0.4 is 10.6 Å². The van der Waals surface area contributed by atoms with E-state index in [4.69, 9.17) is 5.73 Å². The summed E-state index contributed by atoms with van der Waals surface area (Å²) in [4.78, 5) is 4.62. The minimum absolute atomic E-state index is 0.189. The van der Waals surface area contributed by atoms with Crippen molar-refractivity contribution in [2.45, 2.75) is 26.3 Å². The van der Waals surface area contributed by atoms with E-state index in [9.17, 15) is 4.39 Å². The van der Waals surface area contributed by atoms with Crippen LogP contribution in [0.2, 0.25) is 0 Å². The van der Waals surface area contributed by atoms with Crippen LogP contribution in [0.1, 0.15) is 20.8 Å². The Balaban J connectivity index is 2.12. The Morgan fingerprint density at radius 1 is 1.16 bits per heavy atom. The Kier molecular flexibility index (Phi) is 4.25. The number of hydrogen-bond acceptors (Lipinski definition) is 3. The maximum Gasteiger partial charge on any atom is 0.138 e. The van der Waals surface area contributed by atoms with Crippen LogP contribution in [0.3, 0.4) is 0 Å². The molecule has 0 saturated carbocycles. The second-order valence-electron chi connectivity index (χ2n) is 5.97. The molecule has 2 N–H and O–H groups in total. The molecule has 0 spiro atoms. The largest absolute Gasteiger partial charge is 0.397 e. The summed E-state index contributed by atoms with van der Waals surface area (Å²) in [5, 5.41) is 0. The minimum Gasteiger partial charge on any atom is -0.397 e. The fraction of sp³-hybridized carbons (Fsp3) is 0.571. The van der Waals surface area contributed by atoms with Crippen molar-refractivity contribution in [2.75, 3.05) is 36.8 Å². The van der Waals surface area contributed by atoms with E-state index in [-0.39, 0.29) is 11.4 Å². The maximum absolute atomic E-state index is 13.7. The number of hydrogen-bond donors (Lipinski definition) is 1. The molecule has 5 heteroatoms. The van der Waals surface area contributed by atoms with E-state index < -0.39 is 0 Å². The standard InChI is InChI=1S/C14H21FIN3/c1-14(2,3)19-6-4-18(5-7-19)13-8-10(15)11(16)9-12(13)17/h8-9H,4-7,17H2,1-3H3. The summed E-state index contributed by atoms with van der Waals surface area (Å²) in [6.07, 6.45) is 0. The fourth-order valence-electron chi connectivity index (χ4n) is 2.44. The first-order valence-electron chi connectivity index (χ1n) is 6.53. The summed E-state index contributed by atoms with van der Waals surface area (Å²) in [6, 6.07) is 3.27. The second kappa shape index (κ2) is 5.44. The van der Waals surface area contributed by atoms with Crippen molar-refractivity contribution >= 4 is 34.0 Å². The zero-order valence-corrected chi connectivity index (χ0v) is 13.9. The van der Waals surface area contributed by atoms with E-state index in [2.05, 4.69) is 30.6 Å². The summed E-state index contributed by atoms with van der Waals surface area (Å²) >= 11 is 1.97. The first-order chi connectivity index (χ1) is 8.79. The summed E-state index contributed by atoms with van der Waals surface area (Å²) in [7, 11) is 0. The Labute approximate surface area is 128 Å². The van der Waals surface area contributed by atoms with Crippen molar-refractivity contribution in [3.63, 3.8) is 0 Å². The van der Waals surface area contributed by atoms with Gasteiger partial charge in [0.2, 0.25) is 0 Å². The van der Waals surface area contributed by atoms with Crippen molar-refractivity contribution in [3.8, 4) is 0 Å². The van der Waals surface area contributed by atoms with Crippen LogP contribution in [0.25, 0.3) is 0 Å². The van der Waals surface area contributed by atoms with Crippen molar-refractivity contribution < 1.29 is 4.39 Å². The van der Waals surface area contributed by atoms with E-state index in [1.807, 2.05) is 22.6 Å². The van der Waals surface area contributed by atoms with Gasteiger partial charge < -0.3 is 10.6 Å². The molecule has 0 amide bonds. The third-order valence-corrected chi connectivity index (χ3v) is 4.47. The summed E-state index contributed by atoms with van der Waals surface area (Å²) in [6.45, 7) is 10.4. The van der Waals surface area contributed by atoms with Gasteiger partial charge in [-0.15, -0.1) is 0 Å². The van der Waals surface area contributed by atoms with Crippen LogP contribution in [0.15, 0.2) is 12.1 Å². The second-order valence-corrected chi connectivity index (χ2v) is 7.13. The highest BCUT2D eigenvalue weighted by Gasteiger charge is 2.26. The van der Waals surface area contributed by atoms with E-state index in [1.165, 1.54) is 0 Å². The molecule has 0 unspecified atom stereocenters. The average molecular weight is 377 g/mol. The van der Waals surface area contributed by atoms with Crippen LogP contribution >= 0.6 is 22.6 Å². The van der Waals surface area contributed by atoms with Crippen LogP contribution in [0.4, 0.5) is 15.8 Å². The minimum atomic E-state index is -0.192. The monoisotopic (exact) mass is 377 g/mol. The molecule has 1 aromatic carbocycles. The number of anilines is 2. The molecule has 3 nitrogen and oxygen atoms in total. The number of halogens is 2. The Hall–Kier alpha value is -0.560. The number of nitrogen functional groups attached to an aromatic ring is 1. The highest BCUT2D eigenvalue weighted by molar-refractivity contribution is 14.1. The lowest BCUT2D eigenvalue weighted by molar-refractivity contribution is 0.128. The van der Waals surface area contributed by atoms with Crippen LogP contribution in [0, 0.1) is 9.39 Å². The zero-order chi connectivity index (χ0) is 14.2. The van der Waals surface area contributed by atoms with Gasteiger partial charge in [-0.3, -0.25) is 4.90 Å². The lowest BCUT2D eigenvalue weighted by Crippen LogP contribution is -2.53. The highest BCUT2D eigenvalue weighted by Crippen LogP contribution is 2.29. The van der Waals surface area contributed by atoms with Gasteiger partial charge in [0.1, 0.15) is 5.82 Å². The summed E-state index contributed by atoms with van der Waals surface area (Å²) in [5.41, 5.74) is 7.69. The normalized spacial score (nSPS) is 17.8. The predicted molar refractivity (Wildman–Crippen MR) is 87.1 cm³/mol. The molecule has 1 heterocycles. The van der Waals surface area contributed by atoms with E-state index >= 15 is 0 Å². The van der Waals surface area contributed by atoms with Gasteiger partial charge in [0.05, 0.1) is 14.9 Å². The van der Waals surface area contributed by atoms with Crippen molar-refractivity contribution in [2.24, 2.45) is 0 Å². The molecule has 2 rings (SSSR count). The van der Waals surface area contributed by atoms with Gasteiger partial charge >= 0.3 is 0 Å². The maximum atomic E-state index is 13.7. The topological polar surface area (TPSA) is 32.5 Å². The predicted octanol–water partition coefficient (Wildman–Crippen LogP) is 2.93. The van der Waals surface area contributed by atoms with Gasteiger partial charge in [-0.1, -0.05) is 0 Å². The van der Waals surface area contributed by atoms with Gasteiger partial charge in [0, 0.05) is 37.8 Å². The number of benzene rings is 1. The molecule has 0 aromatic heterocycles. The first-order valence-corrected chi connectivity index (χ1v) is 7.61. The van der Waals surface area contributed by atoms with Crippen molar-refractivity contribution in [1.29, 1.82) is 0 Å². The molecule has 1 aromatic rings. The quantitative estimate of drug-likeness (QED) is 0.604. The van der Waals surface area contributed by atoms with E-state index in [1.54, 1.807) is 12.1 Å². The fourth-order valence-corrected chi connectivity index (χ4v) is 2.93. The van der Waals surface area contributed by atoms with E-state index in [0.717, 1.165) is 31.9 Å². The Bertz CT molecular complexity index is 462. The van der Waals surface area contributed by atoms with Crippen molar-refractivity contribution in [3.05, 3.63) is 21.5 Å². The lowest BCUT2D eigenvalue weighted by atomic mass is 10.0. The molecule has 0 aliphatic carbocycles. The SMILES string of the molecule is CC(C)(C)N1CCN(c2cc(F)c(I)cc2N)CC1. The molecule has 1 fully saturated rings. The first kappa shape index (κ1) is 14.8. The Morgan fingerprint density at radius 2 is 1.74 bits per heavy atom. The van der Waals surface area contributed by atoms with Gasteiger partial charge in [-0.25, -0.2) is 4.39 Å². The molecule has 1 saturated heterocycles. The number of nitrogens with zero attached hydrogens (tertiary/aromatic N) is 2. The molecule has 0 radical (unpaired) electrons. The number of nitrogens with two attached hydrogens (primary N) is 1. The van der Waals surface area contributed by atoms with Gasteiger partial charge in [-0.2, -0.15) is 0 Å². The summed E-state index contributed by atoms with van der Waals surface area (Å²) < 4.78 is 14.3. The number of rotatable bonds is 1. The molecule has 1 aliphatic heterocycles. The van der Waals surface area contributed by atoms with E-state index in [0.29, 0.717) is 9.26 Å². The third kappa shape index (κ3) is 3.31. The van der Waals surface area contributed by atoms with Crippen LogP contribution in [-0.2, 0) is 0 Å². The zero-order valence-electron chi connectivity index (χ0n) is 11.7. The molecular weight excluding hydrogens is 356 g/mol. The molecule has 19 heavy (non-hydrogen) atoms. The Morgan fingerprint density at radius 3 is 2.26 bits per heavy atom. The van der Waals surface area contributed by atoms with Crippen LogP contribution in [-0.4, -0.2) is 36.6 Å². The van der Waals surface area contributed by atoms with Gasteiger partial charge in [-0.05, 0) is 49.4 Å². The molecule has 1 aliphatic rings. The van der Waals surface area contributed by atoms with Crippen molar-refractivity contribution in [1.82, 2.24) is 4.90 Å². The molecule has 0 atom stereocenters. The smallest absolute Gasteiger partial charge is 0.138 e. The summed E-state index contributed by atoms with van der Waals surface area (Å²) in [5.74, 6) is -0.192. The average Bonchev–Trinajstić information content (AvgIpc) is 2.33. The third-order valence-electron chi connectivity index (χ3n) is 3.64. The number of piperazine rings is 1. The molecular formula is C14H21FIN3. The van der Waals surface area contributed by atoms with Crippen LogP contribution in [0.5, 0.6) is 0 Å². The highest BCUT2D eigenvalue weighted by atomic mass is 127. The lowest BCUT2D eigenvalue weighted by Gasteiger charge is -2.43. The molecule has 0 bridgehead atoms. The van der Waals surface area contributed by atoms with Gasteiger partial charge in [0.25, 0.3) is 0 Å². The van der Waals surface area contributed by atoms with Gasteiger partial charge in [0.15, 0.2) is 0 Å².